The number of hydrogen-bond donors (Lipinski definition) is 2. The van der Waals surface area contributed by atoms with Crippen molar-refractivity contribution in [2.75, 3.05) is 26.0 Å². The highest BCUT2D eigenvalue weighted by atomic mass is 127. The lowest BCUT2D eigenvalue weighted by Crippen LogP contribution is -2.39. The monoisotopic (exact) mass is 571 g/mol. The highest BCUT2D eigenvalue weighted by Gasteiger charge is 2.11. The molecule has 0 unspecified atom stereocenters. The number of nitrogens with zero attached hydrogens (tertiary/aromatic N) is 1. The van der Waals surface area contributed by atoms with Crippen LogP contribution in [0.4, 0.5) is 13.2 Å². The zero-order valence-corrected chi connectivity index (χ0v) is 20.3. The Bertz CT molecular complexity index is 1000. The summed E-state index contributed by atoms with van der Waals surface area (Å²) in [7, 11) is -3.28. The molecule has 2 aromatic rings. The molecule has 6 nitrogen and oxygen atoms in total. The van der Waals surface area contributed by atoms with Gasteiger partial charge in [0.05, 0.1) is 18.8 Å². The summed E-state index contributed by atoms with van der Waals surface area (Å²) < 4.78 is 68.3. The normalized spacial score (nSPS) is 11.6. The molecule has 0 radical (unpaired) electrons. The predicted octanol–water partition coefficient (Wildman–Crippen LogP) is 3.40. The van der Waals surface area contributed by atoms with Crippen LogP contribution in [0.1, 0.15) is 18.1 Å². The molecule has 31 heavy (non-hydrogen) atoms. The molecule has 2 rings (SSSR count). The van der Waals surface area contributed by atoms with E-state index in [2.05, 4.69) is 15.6 Å². The van der Waals surface area contributed by atoms with Gasteiger partial charge in [0.25, 0.3) is 0 Å². The third kappa shape index (κ3) is 9.76. The number of ether oxygens (including phenoxy) is 1. The van der Waals surface area contributed by atoms with Crippen LogP contribution < -0.4 is 15.4 Å². The van der Waals surface area contributed by atoms with Crippen molar-refractivity contribution in [3.63, 3.8) is 0 Å². The van der Waals surface area contributed by atoms with Crippen molar-refractivity contribution in [3.8, 4) is 5.75 Å². The molecule has 0 heterocycles. The van der Waals surface area contributed by atoms with Crippen LogP contribution in [0.3, 0.4) is 0 Å². The Balaban J connectivity index is 0.00000480. The Hall–Kier alpha value is -2.02. The van der Waals surface area contributed by atoms with Crippen molar-refractivity contribution < 1.29 is 26.3 Å². The number of aliphatic imine (C=N–C) groups is 1. The molecular weight excluding hydrogens is 546 g/mol. The van der Waals surface area contributed by atoms with Gasteiger partial charge in [0.2, 0.25) is 0 Å². The number of nitrogens with one attached hydrogen (secondary N) is 2. The number of sulfone groups is 1. The quantitative estimate of drug-likeness (QED) is 0.209. The van der Waals surface area contributed by atoms with Crippen LogP contribution in [0.25, 0.3) is 0 Å². The molecule has 0 amide bonds. The Kier molecular flexibility index (Phi) is 11.1. The largest absolute Gasteiger partial charge is 0.492 e. The van der Waals surface area contributed by atoms with E-state index >= 15 is 0 Å². The molecule has 0 aromatic heterocycles. The van der Waals surface area contributed by atoms with E-state index in [1.165, 1.54) is 24.3 Å². The van der Waals surface area contributed by atoms with Gasteiger partial charge in [-0.1, -0.05) is 6.07 Å². The van der Waals surface area contributed by atoms with E-state index in [1.54, 1.807) is 0 Å². The summed E-state index contributed by atoms with van der Waals surface area (Å²) in [4.78, 5) is 4.35. The summed E-state index contributed by atoms with van der Waals surface area (Å²) in [6.07, 6.45) is 1.11. The molecule has 2 N–H and O–H groups in total. The fourth-order valence-electron chi connectivity index (χ4n) is 2.58. The van der Waals surface area contributed by atoms with Crippen LogP contribution >= 0.6 is 24.0 Å². The summed E-state index contributed by atoms with van der Waals surface area (Å²) >= 11 is 0. The van der Waals surface area contributed by atoms with E-state index in [9.17, 15) is 21.6 Å². The van der Waals surface area contributed by atoms with E-state index in [1.807, 2.05) is 6.92 Å². The molecule has 0 atom stereocenters. The van der Waals surface area contributed by atoms with Gasteiger partial charge in [0, 0.05) is 18.9 Å². The second kappa shape index (κ2) is 12.7. The molecule has 0 aliphatic heterocycles. The fourth-order valence-corrected chi connectivity index (χ4v) is 3.42. The topological polar surface area (TPSA) is 79.8 Å². The number of hydrogen-bond acceptors (Lipinski definition) is 4. The van der Waals surface area contributed by atoms with Crippen molar-refractivity contribution in [2.24, 2.45) is 4.99 Å². The Morgan fingerprint density at radius 3 is 2.42 bits per heavy atom. The molecule has 11 heteroatoms. The predicted molar refractivity (Wildman–Crippen MR) is 125 cm³/mol. The number of benzene rings is 2. The maximum absolute atomic E-state index is 13.6. The van der Waals surface area contributed by atoms with Crippen LogP contribution in [-0.4, -0.2) is 40.3 Å². The van der Waals surface area contributed by atoms with Crippen LogP contribution in [-0.2, 0) is 22.1 Å². The first-order chi connectivity index (χ1) is 14.2. The zero-order valence-electron chi connectivity index (χ0n) is 17.1. The third-order valence-corrected chi connectivity index (χ3v) is 4.73. The summed E-state index contributed by atoms with van der Waals surface area (Å²) in [5, 5.41) is 6.02. The number of rotatable bonds is 9. The average Bonchev–Trinajstić information content (AvgIpc) is 2.66. The van der Waals surface area contributed by atoms with Crippen molar-refractivity contribution in [3.05, 3.63) is 65.0 Å². The molecular formula is C20H25F3IN3O3S. The molecule has 172 valence electrons. The molecule has 0 aliphatic rings. The second-order valence-electron chi connectivity index (χ2n) is 6.53. The maximum Gasteiger partial charge on any atom is 0.191 e. The summed E-state index contributed by atoms with van der Waals surface area (Å²) in [6, 6.07) is 7.19. The van der Waals surface area contributed by atoms with Gasteiger partial charge in [-0.2, -0.15) is 0 Å². The van der Waals surface area contributed by atoms with E-state index in [0.29, 0.717) is 30.2 Å². The van der Waals surface area contributed by atoms with Crippen molar-refractivity contribution in [1.82, 2.24) is 10.6 Å². The average molecular weight is 571 g/mol. The lowest BCUT2D eigenvalue weighted by atomic mass is 10.1. The van der Waals surface area contributed by atoms with Crippen LogP contribution in [0.5, 0.6) is 5.75 Å². The molecule has 2 aromatic carbocycles. The third-order valence-electron chi connectivity index (χ3n) is 3.89. The van der Waals surface area contributed by atoms with Gasteiger partial charge < -0.3 is 15.4 Å². The van der Waals surface area contributed by atoms with E-state index in [0.717, 1.165) is 18.4 Å². The molecule has 0 aliphatic carbocycles. The zero-order chi connectivity index (χ0) is 22.1. The van der Waals surface area contributed by atoms with Crippen LogP contribution in [0.15, 0.2) is 41.4 Å². The molecule has 0 saturated carbocycles. The fraction of sp³-hybridized carbons (Fsp3) is 0.350. The Morgan fingerprint density at radius 1 is 1.03 bits per heavy atom. The first-order valence-electron chi connectivity index (χ1n) is 9.23. The minimum atomic E-state index is -3.28. The standard InChI is InChI=1S/C20H24F3N3O3S.HI/c1-3-24-20(25-8-9-29-17-6-7-18(22)19(23)11-17)26-12-15-10-16(21)5-4-14(15)13-30(2,27)28;/h4-7,10-11H,3,8-9,12-13H2,1-2H3,(H2,24,25,26);1H. The molecule has 0 fully saturated rings. The maximum atomic E-state index is 13.6. The van der Waals surface area contributed by atoms with E-state index in [4.69, 9.17) is 4.74 Å². The number of guanidine groups is 1. The highest BCUT2D eigenvalue weighted by molar-refractivity contribution is 14.0. The van der Waals surface area contributed by atoms with Gasteiger partial charge in [0.1, 0.15) is 18.2 Å². The summed E-state index contributed by atoms with van der Waals surface area (Å²) in [5.41, 5.74) is 0.954. The van der Waals surface area contributed by atoms with Crippen molar-refractivity contribution >= 4 is 39.8 Å². The molecule has 0 spiro atoms. The van der Waals surface area contributed by atoms with Gasteiger partial charge in [-0.05, 0) is 42.3 Å². The second-order valence-corrected chi connectivity index (χ2v) is 8.67. The molecule has 0 saturated heterocycles. The van der Waals surface area contributed by atoms with Gasteiger partial charge in [-0.3, -0.25) is 0 Å². The first-order valence-corrected chi connectivity index (χ1v) is 11.3. The first kappa shape index (κ1) is 27.0. The van der Waals surface area contributed by atoms with Gasteiger partial charge in [-0.25, -0.2) is 26.6 Å². The Labute approximate surface area is 197 Å². The van der Waals surface area contributed by atoms with E-state index in [-0.39, 0.29) is 48.6 Å². The van der Waals surface area contributed by atoms with Crippen molar-refractivity contribution in [2.45, 2.75) is 19.2 Å². The van der Waals surface area contributed by atoms with Crippen LogP contribution in [0, 0.1) is 17.5 Å². The lowest BCUT2D eigenvalue weighted by molar-refractivity contribution is 0.318. The summed E-state index contributed by atoms with van der Waals surface area (Å²) in [6.45, 7) is 2.97. The number of halogens is 4. The van der Waals surface area contributed by atoms with Crippen LogP contribution in [0.2, 0.25) is 0 Å². The summed E-state index contributed by atoms with van der Waals surface area (Å²) in [5.74, 6) is -2.01. The Morgan fingerprint density at radius 2 is 1.77 bits per heavy atom. The highest BCUT2D eigenvalue weighted by Crippen LogP contribution is 2.16. The smallest absolute Gasteiger partial charge is 0.191 e. The lowest BCUT2D eigenvalue weighted by Gasteiger charge is -2.13. The molecule has 0 bridgehead atoms. The SMILES string of the molecule is CCNC(=NCc1cc(F)ccc1CS(C)(=O)=O)NCCOc1ccc(F)c(F)c1.I. The van der Waals surface area contributed by atoms with E-state index < -0.39 is 27.3 Å². The van der Waals surface area contributed by atoms with Gasteiger partial charge >= 0.3 is 0 Å². The van der Waals surface area contributed by atoms with Crippen molar-refractivity contribution in [1.29, 1.82) is 0 Å². The minimum Gasteiger partial charge on any atom is -0.492 e. The van der Waals surface area contributed by atoms with Gasteiger partial charge in [-0.15, -0.1) is 24.0 Å². The minimum absolute atomic E-state index is 0. The van der Waals surface area contributed by atoms with Gasteiger partial charge in [0.15, 0.2) is 27.4 Å².